The van der Waals surface area contributed by atoms with Crippen molar-refractivity contribution in [1.82, 2.24) is 0 Å². The van der Waals surface area contributed by atoms with Crippen molar-refractivity contribution in [3.63, 3.8) is 0 Å². The fraction of sp³-hybridized carbons (Fsp3) is 0.346. The summed E-state index contributed by atoms with van der Waals surface area (Å²) in [6.07, 6.45) is 8.41. The highest BCUT2D eigenvalue weighted by Gasteiger charge is 2.19. The first kappa shape index (κ1) is 110. The van der Waals surface area contributed by atoms with E-state index in [0.29, 0.717) is 0 Å². The summed E-state index contributed by atoms with van der Waals surface area (Å²) in [6.45, 7) is 62.6. The van der Waals surface area contributed by atoms with E-state index in [9.17, 15) is 0 Å². The van der Waals surface area contributed by atoms with E-state index in [4.69, 9.17) is 0 Å². The highest BCUT2D eigenvalue weighted by Crippen LogP contribution is 2.37. The maximum Gasteiger partial charge on any atom is 0.220 e. The van der Waals surface area contributed by atoms with E-state index in [-0.39, 0.29) is 0 Å². The number of aromatic nitrogens is 4. The molecule has 4 aromatic heterocycles. The Hall–Kier alpha value is -9.90. The van der Waals surface area contributed by atoms with Crippen LogP contribution in [0.3, 0.4) is 0 Å². The Balaban J connectivity index is -0.000000381. The smallest absolute Gasteiger partial charge is 0.205 e. The fourth-order valence-electron chi connectivity index (χ4n) is 10.9. The van der Waals surface area contributed by atoms with Crippen LogP contribution in [-0.4, -0.2) is 0 Å². The van der Waals surface area contributed by atoms with Crippen LogP contribution in [0.5, 0.6) is 0 Å². The summed E-state index contributed by atoms with van der Waals surface area (Å²) in [5.41, 5.74) is 24.4. The average Bonchev–Trinajstić information content (AvgIpc) is 1.54. The van der Waals surface area contributed by atoms with Gasteiger partial charge >= 0.3 is 0 Å². The zero-order valence-corrected chi connectivity index (χ0v) is 77.0. The average molecular weight is 1500 g/mol. The maximum atomic E-state index is 2.26. The van der Waals surface area contributed by atoms with Gasteiger partial charge in [-0.25, -0.2) is 13.7 Å². The lowest BCUT2D eigenvalue weighted by Crippen LogP contribution is -2.32. The molecule has 4 heterocycles. The third kappa shape index (κ3) is 38.5. The zero-order chi connectivity index (χ0) is 85.5. The first-order valence-corrected chi connectivity index (χ1v) is 42.5. The molecule has 9 aromatic carbocycles. The van der Waals surface area contributed by atoms with Crippen molar-refractivity contribution < 1.29 is 18.3 Å². The summed E-state index contributed by atoms with van der Waals surface area (Å²) >= 11 is 0. The van der Waals surface area contributed by atoms with E-state index in [1.807, 2.05) is 249 Å². The molecule has 111 heavy (non-hydrogen) atoms. The van der Waals surface area contributed by atoms with Gasteiger partial charge in [-0.3, -0.25) is 0 Å². The Morgan fingerprint density at radius 1 is 0.216 bits per heavy atom. The third-order valence-electron chi connectivity index (χ3n) is 15.9. The van der Waals surface area contributed by atoms with Crippen LogP contribution in [0.25, 0.3) is 66.4 Å². The zero-order valence-electron chi connectivity index (χ0n) is 77.0. The van der Waals surface area contributed by atoms with Gasteiger partial charge in [-0.15, -0.1) is 0 Å². The van der Waals surface area contributed by atoms with Gasteiger partial charge in [0.15, 0.2) is 30.0 Å². The predicted octanol–water partition coefficient (Wildman–Crippen LogP) is 30.8. The normalized spacial score (nSPS) is 8.96. The molecule has 15 rings (SSSR count). The molecule has 0 spiro atoms. The van der Waals surface area contributed by atoms with Crippen LogP contribution in [0.2, 0.25) is 0 Å². The van der Waals surface area contributed by atoms with Crippen LogP contribution in [0.1, 0.15) is 230 Å². The lowest BCUT2D eigenvalue weighted by atomic mass is 10.00. The Bertz CT molecular complexity index is 4050. The van der Waals surface area contributed by atoms with E-state index in [1.165, 1.54) is 117 Å². The van der Waals surface area contributed by atoms with Gasteiger partial charge in [0.25, 0.3) is 0 Å². The first-order chi connectivity index (χ1) is 54.4. The first-order valence-electron chi connectivity index (χ1n) is 42.5. The summed E-state index contributed by atoms with van der Waals surface area (Å²) in [6, 6.07) is 97.8. The molecule has 0 saturated carbocycles. The van der Waals surface area contributed by atoms with Gasteiger partial charge in [0.1, 0.15) is 28.2 Å². The number of benzene rings is 9. The second kappa shape index (κ2) is 72.9. The van der Waals surface area contributed by atoms with Crippen LogP contribution in [0, 0.1) is 34.6 Å². The lowest BCUT2D eigenvalue weighted by molar-refractivity contribution is -0.677. The number of pyridine rings is 4. The molecule has 0 fully saturated rings. The van der Waals surface area contributed by atoms with Crippen molar-refractivity contribution >= 4 is 21.7 Å². The second-order valence-corrected chi connectivity index (χ2v) is 21.9. The van der Waals surface area contributed by atoms with E-state index >= 15 is 0 Å². The van der Waals surface area contributed by atoms with Crippen molar-refractivity contribution in [3.8, 4) is 44.8 Å². The van der Waals surface area contributed by atoms with Crippen molar-refractivity contribution in [2.75, 3.05) is 0 Å². The number of nitrogens with zero attached hydrogens (tertiary/aromatic N) is 4. The van der Waals surface area contributed by atoms with E-state index < -0.39 is 0 Å². The number of rotatable bonds is 2. The van der Waals surface area contributed by atoms with E-state index in [2.05, 4.69) is 310 Å². The largest absolute Gasteiger partial charge is 0.220 e. The van der Waals surface area contributed by atoms with Crippen LogP contribution in [-0.2, 0) is 41.0 Å². The Labute approximate surface area is 684 Å². The molecule has 0 unspecified atom stereocenters. The van der Waals surface area contributed by atoms with Crippen molar-refractivity contribution in [1.29, 1.82) is 0 Å². The molecule has 2 aliphatic carbocycles. The summed E-state index contributed by atoms with van der Waals surface area (Å²) in [5.74, 6) is 0. The molecule has 4 nitrogen and oxygen atoms in total. The highest BCUT2D eigenvalue weighted by atomic mass is 14.9. The molecule has 0 atom stereocenters. The standard InChI is InChI=1S/2C17H16N.2C13H10.2C7H10N.C7H8.13C2H6/c1-13-7-3-5-9-15(13)17-16-10-6-4-8-14(16)11-12-18(17)2;1-13-7-3-5-9-15(13)17-12-11-14-8-4-6-10-16(14)18(17)2;2*1-3-7-12-10(5-1)9-11-6-2-4-8-13(11)12;2*1-7-5-3-4-6-8(7)2;1-7-5-3-2-4-6-7;13*1-2/h2*3-12H,1-2H3;2*1-8H,9H2;2*3-6H,1-2H3;2-6H,1H3;13*1-2H3/q2*+1;;;2*+1;;;;;;;;;;;;;;. The number of para-hydroxylation sites is 1. The summed E-state index contributed by atoms with van der Waals surface area (Å²) < 4.78 is 8.63. The van der Waals surface area contributed by atoms with Crippen molar-refractivity contribution in [3.05, 3.63) is 348 Å². The maximum absolute atomic E-state index is 2.26. The molecular weight excluding hydrogens is 1340 g/mol. The Morgan fingerprint density at radius 2 is 0.514 bits per heavy atom. The molecule has 0 bridgehead atoms. The Morgan fingerprint density at radius 3 is 0.847 bits per heavy atom. The minimum absolute atomic E-state index is 1.10. The number of hydrogen-bond acceptors (Lipinski definition) is 0. The Kier molecular flexibility index (Phi) is 72.1. The molecule has 0 N–H and O–H groups in total. The van der Waals surface area contributed by atoms with Gasteiger partial charge in [0.2, 0.25) is 16.9 Å². The van der Waals surface area contributed by atoms with Crippen LogP contribution in [0.4, 0.5) is 0 Å². The molecule has 0 saturated heterocycles. The SMILES string of the molecule is CC.CC.CC.CC.CC.CC.CC.CC.CC.CC.CC.CC.CC.Cc1cccc[n+]1C.Cc1cccc[n+]1C.Cc1ccccc1.Cc1ccccc1-c1c2ccccc2cc[n+]1C.Cc1ccccc1-c1ccc2ccccc2[n+]1C.c1ccc2c(c1)Cc1ccccc1-2.c1ccc2c(c1)Cc1ccccc1-2. The molecule has 2 aliphatic rings. The van der Waals surface area contributed by atoms with Crippen molar-refractivity contribution in [2.45, 2.75) is 227 Å². The summed E-state index contributed by atoms with van der Waals surface area (Å²) in [7, 11) is 8.31. The second-order valence-electron chi connectivity index (χ2n) is 21.9. The number of hydrogen-bond donors (Lipinski definition) is 0. The third-order valence-corrected chi connectivity index (χ3v) is 15.9. The van der Waals surface area contributed by atoms with Gasteiger partial charge in [0.05, 0.1) is 5.39 Å². The van der Waals surface area contributed by atoms with E-state index in [0.717, 1.165) is 12.8 Å². The molecule has 602 valence electrons. The van der Waals surface area contributed by atoms with Crippen LogP contribution in [0.15, 0.2) is 298 Å². The van der Waals surface area contributed by atoms with Gasteiger partial charge < -0.3 is 0 Å². The molecule has 13 aromatic rings. The monoisotopic (exact) mass is 1500 g/mol. The highest BCUT2D eigenvalue weighted by molar-refractivity contribution is 5.93. The fourth-order valence-corrected chi connectivity index (χ4v) is 10.9. The lowest BCUT2D eigenvalue weighted by Gasteiger charge is -2.07. The summed E-state index contributed by atoms with van der Waals surface area (Å²) in [5, 5.41) is 3.86. The molecule has 0 amide bonds. The quantitative estimate of drug-likeness (QED) is 0.153. The minimum atomic E-state index is 1.10. The van der Waals surface area contributed by atoms with E-state index in [1.54, 1.807) is 0 Å². The van der Waals surface area contributed by atoms with Gasteiger partial charge in [-0.05, 0) is 125 Å². The number of aryl methyl sites for hydroxylation is 9. The molecule has 4 heteroatoms. The minimum Gasteiger partial charge on any atom is -0.205 e. The molecular formula is C107H158N4+4. The summed E-state index contributed by atoms with van der Waals surface area (Å²) in [4.78, 5) is 0. The van der Waals surface area contributed by atoms with Crippen LogP contribution < -0.4 is 18.3 Å². The van der Waals surface area contributed by atoms with Gasteiger partial charge in [-0.1, -0.05) is 392 Å². The molecule has 0 aliphatic heterocycles. The van der Waals surface area contributed by atoms with Crippen molar-refractivity contribution in [2.24, 2.45) is 28.2 Å². The van der Waals surface area contributed by atoms with Crippen LogP contribution >= 0.6 is 0 Å². The van der Waals surface area contributed by atoms with Gasteiger partial charge in [-0.2, -0.15) is 4.57 Å². The predicted molar refractivity (Wildman–Crippen MR) is 503 cm³/mol. The number of fused-ring (bicyclic) bond motifs is 8. The molecule has 0 radical (unpaired) electrons. The van der Waals surface area contributed by atoms with Gasteiger partial charge in [0, 0.05) is 72.8 Å². The topological polar surface area (TPSA) is 15.5 Å².